The summed E-state index contributed by atoms with van der Waals surface area (Å²) >= 11 is 0. The molecular weight excluding hydrogens is 212 g/mol. The second kappa shape index (κ2) is 6.03. The first-order chi connectivity index (χ1) is 8.28. The van der Waals surface area contributed by atoms with Gasteiger partial charge in [-0.15, -0.1) is 0 Å². The van der Waals surface area contributed by atoms with E-state index < -0.39 is 0 Å². The zero-order valence-electron chi connectivity index (χ0n) is 10.6. The first-order valence-corrected chi connectivity index (χ1v) is 6.53. The van der Waals surface area contributed by atoms with Gasteiger partial charge in [0.2, 0.25) is 0 Å². The third kappa shape index (κ3) is 3.72. The van der Waals surface area contributed by atoms with Crippen molar-refractivity contribution in [3.63, 3.8) is 0 Å². The minimum atomic E-state index is 0.402. The van der Waals surface area contributed by atoms with Crippen molar-refractivity contribution in [2.75, 3.05) is 32.7 Å². The number of piperazine rings is 1. The Hall–Kier alpha value is -1.06. The van der Waals surface area contributed by atoms with Crippen molar-refractivity contribution < 1.29 is 5.11 Å². The molecule has 1 fully saturated rings. The Labute approximate surface area is 103 Å². The number of aryl methyl sites for hydroxylation is 1. The Bertz CT molecular complexity index is 359. The van der Waals surface area contributed by atoms with Crippen molar-refractivity contribution in [3.8, 4) is 5.75 Å². The van der Waals surface area contributed by atoms with E-state index in [4.69, 9.17) is 0 Å². The maximum absolute atomic E-state index is 9.64. The number of phenols is 1. The Kier molecular flexibility index (Phi) is 4.40. The minimum Gasteiger partial charge on any atom is -0.508 e. The monoisotopic (exact) mass is 234 g/mol. The van der Waals surface area contributed by atoms with E-state index >= 15 is 0 Å². The molecular formula is C14H22N2O. The van der Waals surface area contributed by atoms with Crippen LogP contribution in [0.5, 0.6) is 5.75 Å². The molecule has 0 atom stereocenters. The second-order valence-corrected chi connectivity index (χ2v) is 4.70. The van der Waals surface area contributed by atoms with E-state index in [1.54, 1.807) is 0 Å². The van der Waals surface area contributed by atoms with Gasteiger partial charge in [0.1, 0.15) is 5.75 Å². The normalized spacial score (nSPS) is 17.2. The van der Waals surface area contributed by atoms with Gasteiger partial charge in [0.05, 0.1) is 0 Å². The molecule has 1 aromatic rings. The van der Waals surface area contributed by atoms with Gasteiger partial charge in [-0.05, 0) is 36.1 Å². The van der Waals surface area contributed by atoms with Gasteiger partial charge in [-0.25, -0.2) is 0 Å². The number of rotatable bonds is 4. The standard InChI is InChI=1S/C14H22N2O/c1-2-12-9-13(11-14(17)10-12)3-6-16-7-4-15-5-8-16/h9-11,15,17H,2-8H2,1H3. The summed E-state index contributed by atoms with van der Waals surface area (Å²) in [6, 6.07) is 5.96. The van der Waals surface area contributed by atoms with Crippen LogP contribution >= 0.6 is 0 Å². The number of aromatic hydroxyl groups is 1. The van der Waals surface area contributed by atoms with Gasteiger partial charge in [0.15, 0.2) is 0 Å². The average molecular weight is 234 g/mol. The first kappa shape index (κ1) is 12.4. The highest BCUT2D eigenvalue weighted by Crippen LogP contribution is 2.17. The van der Waals surface area contributed by atoms with Gasteiger partial charge in [0.25, 0.3) is 0 Å². The summed E-state index contributed by atoms with van der Waals surface area (Å²) < 4.78 is 0. The van der Waals surface area contributed by atoms with Crippen LogP contribution in [0.25, 0.3) is 0 Å². The molecule has 1 heterocycles. The summed E-state index contributed by atoms with van der Waals surface area (Å²) in [5.74, 6) is 0.402. The lowest BCUT2D eigenvalue weighted by molar-refractivity contribution is 0.244. The zero-order valence-corrected chi connectivity index (χ0v) is 10.6. The molecule has 1 saturated heterocycles. The van der Waals surface area contributed by atoms with Gasteiger partial charge >= 0.3 is 0 Å². The van der Waals surface area contributed by atoms with Crippen LogP contribution in [0.2, 0.25) is 0 Å². The predicted molar refractivity (Wildman–Crippen MR) is 70.5 cm³/mol. The van der Waals surface area contributed by atoms with Gasteiger partial charge in [0, 0.05) is 32.7 Å². The number of nitrogens with zero attached hydrogens (tertiary/aromatic N) is 1. The van der Waals surface area contributed by atoms with Crippen molar-refractivity contribution in [3.05, 3.63) is 29.3 Å². The molecule has 17 heavy (non-hydrogen) atoms. The number of benzene rings is 1. The second-order valence-electron chi connectivity index (χ2n) is 4.70. The lowest BCUT2D eigenvalue weighted by Crippen LogP contribution is -2.44. The largest absolute Gasteiger partial charge is 0.508 e. The van der Waals surface area contributed by atoms with Crippen molar-refractivity contribution in [2.45, 2.75) is 19.8 Å². The maximum atomic E-state index is 9.64. The molecule has 0 saturated carbocycles. The number of phenolic OH excluding ortho intramolecular Hbond substituents is 1. The van der Waals surface area contributed by atoms with Crippen LogP contribution in [0.1, 0.15) is 18.1 Å². The molecule has 0 spiro atoms. The van der Waals surface area contributed by atoms with Crippen molar-refractivity contribution in [2.24, 2.45) is 0 Å². The fourth-order valence-electron chi connectivity index (χ4n) is 2.31. The van der Waals surface area contributed by atoms with E-state index in [0.717, 1.165) is 45.6 Å². The van der Waals surface area contributed by atoms with E-state index in [9.17, 15) is 5.11 Å². The van der Waals surface area contributed by atoms with E-state index in [0.29, 0.717) is 5.75 Å². The highest BCUT2D eigenvalue weighted by Gasteiger charge is 2.09. The molecule has 1 aliphatic heterocycles. The van der Waals surface area contributed by atoms with Crippen molar-refractivity contribution in [1.82, 2.24) is 10.2 Å². The molecule has 0 amide bonds. The van der Waals surface area contributed by atoms with Gasteiger partial charge < -0.3 is 15.3 Å². The maximum Gasteiger partial charge on any atom is 0.116 e. The molecule has 0 aromatic heterocycles. The van der Waals surface area contributed by atoms with Gasteiger partial charge in [-0.2, -0.15) is 0 Å². The number of hydrogen-bond acceptors (Lipinski definition) is 3. The van der Waals surface area contributed by atoms with E-state index in [1.165, 1.54) is 11.1 Å². The first-order valence-electron chi connectivity index (χ1n) is 6.53. The van der Waals surface area contributed by atoms with Crippen molar-refractivity contribution in [1.29, 1.82) is 0 Å². The van der Waals surface area contributed by atoms with Gasteiger partial charge in [-0.3, -0.25) is 0 Å². The number of hydrogen-bond donors (Lipinski definition) is 2. The van der Waals surface area contributed by atoms with E-state index in [2.05, 4.69) is 23.2 Å². The molecule has 1 aromatic carbocycles. The Morgan fingerprint density at radius 3 is 2.59 bits per heavy atom. The van der Waals surface area contributed by atoms with Crippen LogP contribution in [-0.4, -0.2) is 42.7 Å². The lowest BCUT2D eigenvalue weighted by atomic mass is 10.1. The molecule has 2 rings (SSSR count). The molecule has 0 unspecified atom stereocenters. The summed E-state index contributed by atoms with van der Waals surface area (Å²) in [5, 5.41) is 13.0. The van der Waals surface area contributed by atoms with Crippen LogP contribution in [0, 0.1) is 0 Å². The smallest absolute Gasteiger partial charge is 0.116 e. The van der Waals surface area contributed by atoms with Crippen LogP contribution in [0.3, 0.4) is 0 Å². The van der Waals surface area contributed by atoms with Crippen LogP contribution < -0.4 is 5.32 Å². The predicted octanol–water partition coefficient (Wildman–Crippen LogP) is 1.40. The molecule has 94 valence electrons. The summed E-state index contributed by atoms with van der Waals surface area (Å²) in [4.78, 5) is 2.48. The topological polar surface area (TPSA) is 35.5 Å². The quantitative estimate of drug-likeness (QED) is 0.826. The fraction of sp³-hybridized carbons (Fsp3) is 0.571. The van der Waals surface area contributed by atoms with Crippen LogP contribution in [-0.2, 0) is 12.8 Å². The SMILES string of the molecule is CCc1cc(O)cc(CCN2CCNCC2)c1. The summed E-state index contributed by atoms with van der Waals surface area (Å²) in [7, 11) is 0. The van der Waals surface area contributed by atoms with Crippen LogP contribution in [0.4, 0.5) is 0 Å². The Balaban J connectivity index is 1.91. The zero-order chi connectivity index (χ0) is 12.1. The highest BCUT2D eigenvalue weighted by molar-refractivity contribution is 5.33. The third-order valence-electron chi connectivity index (χ3n) is 3.37. The lowest BCUT2D eigenvalue weighted by Gasteiger charge is -2.27. The Morgan fingerprint density at radius 1 is 1.18 bits per heavy atom. The average Bonchev–Trinajstić information content (AvgIpc) is 2.37. The van der Waals surface area contributed by atoms with Crippen LogP contribution in [0.15, 0.2) is 18.2 Å². The molecule has 0 radical (unpaired) electrons. The van der Waals surface area contributed by atoms with E-state index in [1.807, 2.05) is 12.1 Å². The fourth-order valence-corrected chi connectivity index (χ4v) is 2.31. The Morgan fingerprint density at radius 2 is 1.88 bits per heavy atom. The molecule has 1 aliphatic rings. The van der Waals surface area contributed by atoms with Gasteiger partial charge in [-0.1, -0.05) is 13.0 Å². The van der Waals surface area contributed by atoms with E-state index in [-0.39, 0.29) is 0 Å². The minimum absolute atomic E-state index is 0.402. The summed E-state index contributed by atoms with van der Waals surface area (Å²) in [6.45, 7) is 7.68. The third-order valence-corrected chi connectivity index (χ3v) is 3.37. The number of nitrogens with one attached hydrogen (secondary N) is 1. The summed E-state index contributed by atoms with van der Waals surface area (Å²) in [5.41, 5.74) is 2.47. The molecule has 0 bridgehead atoms. The molecule has 3 nitrogen and oxygen atoms in total. The molecule has 0 aliphatic carbocycles. The molecule has 3 heteroatoms. The highest BCUT2D eigenvalue weighted by atomic mass is 16.3. The molecule has 2 N–H and O–H groups in total. The van der Waals surface area contributed by atoms with Crippen molar-refractivity contribution >= 4 is 0 Å². The summed E-state index contributed by atoms with van der Waals surface area (Å²) in [6.07, 6.45) is 2.01.